The predicted molar refractivity (Wildman–Crippen MR) is 102 cm³/mol. The van der Waals surface area contributed by atoms with Crippen LogP contribution >= 0.6 is 0 Å². The Morgan fingerprint density at radius 2 is 2.04 bits per heavy atom. The van der Waals surface area contributed by atoms with Gasteiger partial charge in [0.1, 0.15) is 24.5 Å². The third-order valence-electron chi connectivity index (χ3n) is 5.23. The first-order chi connectivity index (χ1) is 13.2. The molecule has 8 nitrogen and oxygen atoms in total. The van der Waals surface area contributed by atoms with Crippen molar-refractivity contribution in [2.45, 2.75) is 65.6 Å². The van der Waals surface area contributed by atoms with Crippen LogP contribution < -0.4 is 15.4 Å². The highest BCUT2D eigenvalue weighted by Gasteiger charge is 2.37. The number of carbonyl (C=O) groups excluding carboxylic acids is 3. The van der Waals surface area contributed by atoms with Crippen molar-refractivity contribution in [3.8, 4) is 5.75 Å². The van der Waals surface area contributed by atoms with E-state index in [1.807, 2.05) is 27.7 Å². The first kappa shape index (κ1) is 21.9. The van der Waals surface area contributed by atoms with Crippen molar-refractivity contribution in [2.75, 3.05) is 6.61 Å². The number of aryl methyl sites for hydroxylation is 1. The number of rotatable bonds is 8. The summed E-state index contributed by atoms with van der Waals surface area (Å²) in [6.07, 6.45) is 1.35. The van der Waals surface area contributed by atoms with E-state index in [1.54, 1.807) is 6.92 Å². The molecule has 1 aliphatic rings. The van der Waals surface area contributed by atoms with Crippen LogP contribution in [0.1, 0.15) is 46.3 Å². The molecule has 8 heteroatoms. The quantitative estimate of drug-likeness (QED) is 0.702. The van der Waals surface area contributed by atoms with Gasteiger partial charge in [-0.3, -0.25) is 9.59 Å². The van der Waals surface area contributed by atoms with Gasteiger partial charge in [-0.1, -0.05) is 27.7 Å². The second-order valence-electron chi connectivity index (χ2n) is 7.59. The van der Waals surface area contributed by atoms with Crippen LogP contribution in [0.2, 0.25) is 0 Å². The van der Waals surface area contributed by atoms with E-state index in [-0.39, 0.29) is 24.4 Å². The van der Waals surface area contributed by atoms with E-state index in [4.69, 9.17) is 13.9 Å². The van der Waals surface area contributed by atoms with Gasteiger partial charge in [-0.15, -0.1) is 0 Å². The zero-order chi connectivity index (χ0) is 20.8. The SMILES string of the molecule is CCC1OCC(=O)C1NC(=O)[C@H](CC(C)C(C)C)NC(=O)Oc1ccoc1C. The minimum atomic E-state index is -0.831. The van der Waals surface area contributed by atoms with E-state index in [9.17, 15) is 14.4 Å². The Hall–Kier alpha value is -2.35. The number of amides is 2. The van der Waals surface area contributed by atoms with E-state index in [0.717, 1.165) is 0 Å². The van der Waals surface area contributed by atoms with Crippen LogP contribution in [0.15, 0.2) is 16.7 Å². The molecule has 0 aromatic carbocycles. The summed E-state index contributed by atoms with van der Waals surface area (Å²) in [6.45, 7) is 9.67. The van der Waals surface area contributed by atoms with Gasteiger partial charge < -0.3 is 24.5 Å². The standard InChI is InChI=1S/C20H30N2O6/c1-6-16-18(15(23)10-27-16)22-19(24)14(9-12(4)11(2)3)21-20(25)28-17-7-8-26-13(17)5/h7-8,11-12,14,16,18H,6,9-10H2,1-5H3,(H,21,25)(H,22,24)/t12?,14-,16?,18?/m0/s1. The molecule has 156 valence electrons. The summed E-state index contributed by atoms with van der Waals surface area (Å²) in [5.74, 6) is 0.668. The van der Waals surface area contributed by atoms with Crippen LogP contribution in [0.3, 0.4) is 0 Å². The van der Waals surface area contributed by atoms with E-state index >= 15 is 0 Å². The number of ketones is 1. The number of hydrogen-bond donors (Lipinski definition) is 2. The van der Waals surface area contributed by atoms with E-state index in [2.05, 4.69) is 10.6 Å². The van der Waals surface area contributed by atoms with Crippen LogP contribution in [0.5, 0.6) is 5.75 Å². The topological polar surface area (TPSA) is 107 Å². The lowest BCUT2D eigenvalue weighted by molar-refractivity contribution is -0.128. The monoisotopic (exact) mass is 394 g/mol. The van der Waals surface area contributed by atoms with Crippen LogP contribution in [0.4, 0.5) is 4.79 Å². The molecule has 1 aromatic rings. The number of ether oxygens (including phenoxy) is 2. The molecule has 0 radical (unpaired) electrons. The third-order valence-corrected chi connectivity index (χ3v) is 5.23. The van der Waals surface area contributed by atoms with Gasteiger partial charge in [-0.05, 0) is 31.6 Å². The van der Waals surface area contributed by atoms with E-state index in [1.165, 1.54) is 12.3 Å². The molecule has 4 atom stereocenters. The third kappa shape index (κ3) is 5.58. The Bertz CT molecular complexity index is 699. The van der Waals surface area contributed by atoms with Crippen molar-refractivity contribution in [3.63, 3.8) is 0 Å². The van der Waals surface area contributed by atoms with Crippen molar-refractivity contribution in [1.29, 1.82) is 0 Å². The highest BCUT2D eigenvalue weighted by Crippen LogP contribution is 2.20. The second-order valence-corrected chi connectivity index (χ2v) is 7.59. The molecule has 2 N–H and O–H groups in total. The van der Waals surface area contributed by atoms with Gasteiger partial charge in [0.2, 0.25) is 5.91 Å². The average molecular weight is 394 g/mol. The fourth-order valence-corrected chi connectivity index (χ4v) is 2.99. The van der Waals surface area contributed by atoms with E-state index < -0.39 is 24.1 Å². The lowest BCUT2D eigenvalue weighted by atomic mass is 9.90. The normalized spacial score (nSPS) is 21.4. The largest absolute Gasteiger partial charge is 0.466 e. The molecule has 0 aliphatic carbocycles. The minimum absolute atomic E-state index is 0.00818. The molecule has 1 saturated heterocycles. The molecule has 1 fully saturated rings. The average Bonchev–Trinajstić information content (AvgIpc) is 3.20. The van der Waals surface area contributed by atoms with Crippen molar-refractivity contribution >= 4 is 17.8 Å². The Morgan fingerprint density at radius 1 is 1.32 bits per heavy atom. The van der Waals surface area contributed by atoms with Crippen LogP contribution in [-0.2, 0) is 14.3 Å². The zero-order valence-electron chi connectivity index (χ0n) is 17.1. The van der Waals surface area contributed by atoms with Crippen molar-refractivity contribution in [3.05, 3.63) is 18.1 Å². The van der Waals surface area contributed by atoms with Crippen LogP contribution in [0, 0.1) is 18.8 Å². The molecule has 2 heterocycles. The van der Waals surface area contributed by atoms with Crippen molar-refractivity contribution in [2.24, 2.45) is 11.8 Å². The maximum Gasteiger partial charge on any atom is 0.413 e. The summed E-state index contributed by atoms with van der Waals surface area (Å²) in [5.41, 5.74) is 0. The second kappa shape index (κ2) is 9.73. The maximum absolute atomic E-state index is 12.9. The van der Waals surface area contributed by atoms with Crippen LogP contribution in [0.25, 0.3) is 0 Å². The van der Waals surface area contributed by atoms with Gasteiger partial charge in [0, 0.05) is 6.07 Å². The Balaban J connectivity index is 2.07. The summed E-state index contributed by atoms with van der Waals surface area (Å²) < 4.78 is 15.7. The molecule has 0 spiro atoms. The highest BCUT2D eigenvalue weighted by atomic mass is 16.6. The lowest BCUT2D eigenvalue weighted by Gasteiger charge is -2.25. The molecule has 2 amide bonds. The molecule has 0 saturated carbocycles. The molecule has 0 bridgehead atoms. The summed E-state index contributed by atoms with van der Waals surface area (Å²) in [6, 6.07) is 0.00694. The zero-order valence-corrected chi connectivity index (χ0v) is 17.1. The molecule has 2 rings (SSSR count). The molecular formula is C20H30N2O6. The smallest absolute Gasteiger partial charge is 0.413 e. The highest BCUT2D eigenvalue weighted by molar-refractivity contribution is 5.94. The Morgan fingerprint density at radius 3 is 2.61 bits per heavy atom. The minimum Gasteiger partial charge on any atom is -0.466 e. The van der Waals surface area contributed by atoms with Crippen molar-refractivity contribution in [1.82, 2.24) is 10.6 Å². The van der Waals surface area contributed by atoms with Gasteiger partial charge in [0.05, 0.1) is 12.4 Å². The van der Waals surface area contributed by atoms with Gasteiger partial charge in [0.15, 0.2) is 11.5 Å². The maximum atomic E-state index is 12.9. The Kier molecular flexibility index (Phi) is 7.62. The number of furan rings is 1. The van der Waals surface area contributed by atoms with Crippen molar-refractivity contribution < 1.29 is 28.3 Å². The molecule has 1 aromatic heterocycles. The van der Waals surface area contributed by atoms with Gasteiger partial charge in [-0.25, -0.2) is 4.79 Å². The first-order valence-electron chi connectivity index (χ1n) is 9.70. The summed E-state index contributed by atoms with van der Waals surface area (Å²) in [5, 5.41) is 5.37. The summed E-state index contributed by atoms with van der Waals surface area (Å²) >= 11 is 0. The fourth-order valence-electron chi connectivity index (χ4n) is 2.99. The van der Waals surface area contributed by atoms with Gasteiger partial charge in [0.25, 0.3) is 0 Å². The molecular weight excluding hydrogens is 364 g/mol. The Labute approximate surface area is 165 Å². The van der Waals surface area contributed by atoms with Gasteiger partial charge in [-0.2, -0.15) is 0 Å². The predicted octanol–water partition coefficient (Wildman–Crippen LogP) is 2.59. The first-order valence-corrected chi connectivity index (χ1v) is 9.70. The number of hydrogen-bond acceptors (Lipinski definition) is 6. The number of Topliss-reactive ketones (excluding diaryl/α,β-unsaturated/α-hetero) is 1. The van der Waals surface area contributed by atoms with E-state index in [0.29, 0.717) is 30.3 Å². The number of nitrogens with one attached hydrogen (secondary N) is 2. The molecule has 28 heavy (non-hydrogen) atoms. The summed E-state index contributed by atoms with van der Waals surface area (Å²) in [7, 11) is 0. The fraction of sp³-hybridized carbons (Fsp3) is 0.650. The molecule has 3 unspecified atom stereocenters. The number of carbonyl (C=O) groups is 3. The lowest BCUT2D eigenvalue weighted by Crippen LogP contribution is -2.54. The van der Waals surface area contributed by atoms with Crippen LogP contribution in [-0.4, -0.2) is 42.6 Å². The van der Waals surface area contributed by atoms with Gasteiger partial charge >= 0.3 is 6.09 Å². The molecule has 1 aliphatic heterocycles. The summed E-state index contributed by atoms with van der Waals surface area (Å²) in [4.78, 5) is 37.2.